The molecule has 0 spiro atoms. The van der Waals surface area contributed by atoms with Crippen molar-refractivity contribution in [1.29, 1.82) is 0 Å². The summed E-state index contributed by atoms with van der Waals surface area (Å²) >= 11 is 5.67. The Kier molecular flexibility index (Phi) is 3.50. The van der Waals surface area contributed by atoms with Crippen LogP contribution in [0, 0.1) is 0 Å². The normalized spacial score (nSPS) is 12.4. The molecule has 0 aliphatic carbocycles. The van der Waals surface area contributed by atoms with Crippen molar-refractivity contribution in [2.45, 2.75) is 4.90 Å². The summed E-state index contributed by atoms with van der Waals surface area (Å²) in [7, 11) is -0.968. The van der Waals surface area contributed by atoms with Crippen LogP contribution in [0.15, 0.2) is 41.8 Å². The Labute approximate surface area is 79.5 Å². The molecule has 0 bridgehead atoms. The summed E-state index contributed by atoms with van der Waals surface area (Å²) in [6.07, 6.45) is 1.64. The second-order valence-electron chi connectivity index (χ2n) is 2.25. The molecule has 0 saturated carbocycles. The molecule has 0 aliphatic rings. The van der Waals surface area contributed by atoms with Gasteiger partial charge in [0.25, 0.3) is 0 Å². The minimum Gasteiger partial charge on any atom is -0.254 e. The molecule has 1 aromatic carbocycles. The van der Waals surface area contributed by atoms with Gasteiger partial charge in [-0.15, -0.1) is 6.58 Å². The van der Waals surface area contributed by atoms with Crippen LogP contribution >= 0.6 is 11.6 Å². The maximum Gasteiger partial charge on any atom is 0.0567 e. The van der Waals surface area contributed by atoms with Gasteiger partial charge in [0.1, 0.15) is 0 Å². The predicted octanol–water partition coefficient (Wildman–Crippen LogP) is 2.63. The number of halogens is 1. The molecular weight excluding hydrogens is 192 g/mol. The lowest BCUT2D eigenvalue weighted by molar-refractivity contribution is 0.685. The number of benzene rings is 1. The van der Waals surface area contributed by atoms with E-state index in [1.807, 2.05) is 0 Å². The van der Waals surface area contributed by atoms with Crippen molar-refractivity contribution in [3.8, 4) is 0 Å². The minimum atomic E-state index is -0.968. The van der Waals surface area contributed by atoms with Gasteiger partial charge in [-0.3, -0.25) is 4.21 Å². The number of rotatable bonds is 3. The Morgan fingerprint density at radius 2 is 2.00 bits per heavy atom. The van der Waals surface area contributed by atoms with E-state index in [4.69, 9.17) is 11.6 Å². The van der Waals surface area contributed by atoms with Crippen LogP contribution in [0.1, 0.15) is 0 Å². The Balaban J connectivity index is 2.82. The van der Waals surface area contributed by atoms with Crippen LogP contribution in [0.4, 0.5) is 0 Å². The van der Waals surface area contributed by atoms with Crippen molar-refractivity contribution < 1.29 is 4.21 Å². The third-order valence-electron chi connectivity index (χ3n) is 1.35. The molecule has 1 atom stereocenters. The van der Waals surface area contributed by atoms with Crippen LogP contribution in [0.3, 0.4) is 0 Å². The van der Waals surface area contributed by atoms with Crippen molar-refractivity contribution in [3.63, 3.8) is 0 Å². The highest BCUT2D eigenvalue weighted by Crippen LogP contribution is 2.12. The summed E-state index contributed by atoms with van der Waals surface area (Å²) in [6.45, 7) is 3.52. The standard InChI is InChI=1S/C9H9ClOS/c1-2-7-12(11)9-5-3-8(10)4-6-9/h2-6H,1,7H2/t12-/m0/s1. The van der Waals surface area contributed by atoms with Crippen LogP contribution < -0.4 is 0 Å². The maximum absolute atomic E-state index is 11.4. The largest absolute Gasteiger partial charge is 0.254 e. The third-order valence-corrected chi connectivity index (χ3v) is 2.93. The molecule has 0 heterocycles. The zero-order valence-electron chi connectivity index (χ0n) is 6.50. The van der Waals surface area contributed by atoms with Crippen molar-refractivity contribution >= 4 is 22.4 Å². The SMILES string of the molecule is C=CC[S@](=O)c1ccc(Cl)cc1. The molecule has 1 nitrogen and oxygen atoms in total. The molecule has 0 aliphatic heterocycles. The van der Waals surface area contributed by atoms with Crippen LogP contribution in [-0.4, -0.2) is 9.96 Å². The van der Waals surface area contributed by atoms with E-state index < -0.39 is 10.8 Å². The molecule has 0 radical (unpaired) electrons. The summed E-state index contributed by atoms with van der Waals surface area (Å²) in [5, 5.41) is 0.661. The van der Waals surface area contributed by atoms with E-state index in [9.17, 15) is 4.21 Å². The first-order valence-electron chi connectivity index (χ1n) is 3.49. The first kappa shape index (κ1) is 9.49. The highest BCUT2D eigenvalue weighted by atomic mass is 35.5. The third kappa shape index (κ3) is 2.47. The average Bonchev–Trinajstić information content (AvgIpc) is 2.06. The van der Waals surface area contributed by atoms with Gasteiger partial charge >= 0.3 is 0 Å². The molecular formula is C9H9ClOS. The van der Waals surface area contributed by atoms with Gasteiger partial charge in [-0.05, 0) is 24.3 Å². The van der Waals surface area contributed by atoms with Crippen molar-refractivity contribution in [1.82, 2.24) is 0 Å². The van der Waals surface area contributed by atoms with Gasteiger partial charge in [0.15, 0.2) is 0 Å². The lowest BCUT2D eigenvalue weighted by atomic mass is 10.4. The first-order valence-corrected chi connectivity index (χ1v) is 5.18. The Hall–Kier alpha value is -0.600. The smallest absolute Gasteiger partial charge is 0.0567 e. The lowest BCUT2D eigenvalue weighted by Gasteiger charge is -1.97. The van der Waals surface area contributed by atoms with Gasteiger partial charge in [-0.1, -0.05) is 17.7 Å². The van der Waals surface area contributed by atoms with E-state index in [1.165, 1.54) is 0 Å². The molecule has 12 heavy (non-hydrogen) atoms. The second kappa shape index (κ2) is 4.43. The van der Waals surface area contributed by atoms with E-state index in [1.54, 1.807) is 30.3 Å². The highest BCUT2D eigenvalue weighted by Gasteiger charge is 1.99. The summed E-state index contributed by atoms with van der Waals surface area (Å²) in [5.41, 5.74) is 0. The topological polar surface area (TPSA) is 17.1 Å². The lowest BCUT2D eigenvalue weighted by Crippen LogP contribution is -1.93. The average molecular weight is 201 g/mol. The molecule has 0 amide bonds. The van der Waals surface area contributed by atoms with E-state index in [0.717, 1.165) is 4.90 Å². The van der Waals surface area contributed by atoms with Crippen LogP contribution in [-0.2, 0) is 10.8 Å². The van der Waals surface area contributed by atoms with Gasteiger partial charge in [0, 0.05) is 15.7 Å². The molecule has 0 saturated heterocycles. The molecule has 0 aromatic heterocycles. The fourth-order valence-corrected chi connectivity index (χ4v) is 1.76. The number of hydrogen-bond acceptors (Lipinski definition) is 1. The molecule has 0 N–H and O–H groups in total. The zero-order valence-corrected chi connectivity index (χ0v) is 8.07. The zero-order chi connectivity index (χ0) is 8.97. The molecule has 1 rings (SSSR count). The number of hydrogen-bond donors (Lipinski definition) is 0. The fourth-order valence-electron chi connectivity index (χ4n) is 0.790. The predicted molar refractivity (Wildman–Crippen MR) is 52.9 cm³/mol. The van der Waals surface area contributed by atoms with Crippen LogP contribution in [0.25, 0.3) is 0 Å². The van der Waals surface area contributed by atoms with Gasteiger partial charge in [-0.25, -0.2) is 0 Å². The molecule has 0 unspecified atom stereocenters. The monoisotopic (exact) mass is 200 g/mol. The molecule has 1 aromatic rings. The quantitative estimate of drug-likeness (QED) is 0.686. The van der Waals surface area contributed by atoms with Crippen LogP contribution in [0.5, 0.6) is 0 Å². The van der Waals surface area contributed by atoms with Crippen molar-refractivity contribution in [2.75, 3.05) is 5.75 Å². The van der Waals surface area contributed by atoms with E-state index in [-0.39, 0.29) is 0 Å². The van der Waals surface area contributed by atoms with Gasteiger partial charge in [0.2, 0.25) is 0 Å². The highest BCUT2D eigenvalue weighted by molar-refractivity contribution is 7.85. The molecule has 64 valence electrons. The Bertz CT molecular complexity index is 292. The van der Waals surface area contributed by atoms with Crippen molar-refractivity contribution in [3.05, 3.63) is 41.9 Å². The Morgan fingerprint density at radius 3 is 2.50 bits per heavy atom. The second-order valence-corrected chi connectivity index (χ2v) is 4.19. The fraction of sp³-hybridized carbons (Fsp3) is 0.111. The summed E-state index contributed by atoms with van der Waals surface area (Å²) in [5.74, 6) is 0.488. The van der Waals surface area contributed by atoms with Gasteiger partial charge in [0.05, 0.1) is 10.8 Å². The van der Waals surface area contributed by atoms with E-state index in [0.29, 0.717) is 10.8 Å². The molecule has 0 fully saturated rings. The van der Waals surface area contributed by atoms with E-state index >= 15 is 0 Å². The van der Waals surface area contributed by atoms with Gasteiger partial charge < -0.3 is 0 Å². The first-order chi connectivity index (χ1) is 5.74. The summed E-state index contributed by atoms with van der Waals surface area (Å²) in [6, 6.07) is 7.00. The minimum absolute atomic E-state index is 0.488. The summed E-state index contributed by atoms with van der Waals surface area (Å²) < 4.78 is 11.4. The Morgan fingerprint density at radius 1 is 1.42 bits per heavy atom. The summed E-state index contributed by atoms with van der Waals surface area (Å²) in [4.78, 5) is 0.791. The maximum atomic E-state index is 11.4. The van der Waals surface area contributed by atoms with E-state index in [2.05, 4.69) is 6.58 Å². The molecule has 3 heteroatoms. The van der Waals surface area contributed by atoms with Crippen molar-refractivity contribution in [2.24, 2.45) is 0 Å². The van der Waals surface area contributed by atoms with Crippen LogP contribution in [0.2, 0.25) is 5.02 Å². The van der Waals surface area contributed by atoms with Gasteiger partial charge in [-0.2, -0.15) is 0 Å².